The summed E-state index contributed by atoms with van der Waals surface area (Å²) in [6.07, 6.45) is -3.05. The quantitative estimate of drug-likeness (QED) is 0.252. The Morgan fingerprint density at radius 1 is 1.34 bits per heavy atom. The number of imide groups is 1. The molecule has 1 aromatic heterocycles. The van der Waals surface area contributed by atoms with Gasteiger partial charge in [-0.25, -0.2) is 9.78 Å². The summed E-state index contributed by atoms with van der Waals surface area (Å²) < 4.78 is 37.7. The number of nitrogens with one attached hydrogen (secondary N) is 3. The summed E-state index contributed by atoms with van der Waals surface area (Å²) in [5, 5.41) is 10.1. The fourth-order valence-corrected chi connectivity index (χ4v) is 3.50. The van der Waals surface area contributed by atoms with E-state index in [1.54, 1.807) is 14.0 Å². The van der Waals surface area contributed by atoms with Crippen LogP contribution in [0.4, 0.5) is 18.0 Å². The minimum atomic E-state index is -4.43. The van der Waals surface area contributed by atoms with Gasteiger partial charge in [-0.1, -0.05) is 6.92 Å². The van der Waals surface area contributed by atoms with Gasteiger partial charge in [0, 0.05) is 38.5 Å². The van der Waals surface area contributed by atoms with Crippen molar-refractivity contribution in [2.75, 3.05) is 26.7 Å². The predicted octanol–water partition coefficient (Wildman–Crippen LogP) is 1.98. The molecule has 1 aliphatic heterocycles. The van der Waals surface area contributed by atoms with Crippen LogP contribution in [0.15, 0.2) is 10.4 Å². The molecular weight excluding hydrogens is 409 g/mol. The van der Waals surface area contributed by atoms with Crippen LogP contribution < -0.4 is 16.0 Å². The molecule has 162 valence electrons. The van der Waals surface area contributed by atoms with Crippen molar-refractivity contribution in [3.8, 4) is 0 Å². The number of nitrogens with zero attached hydrogens (tertiary/aromatic N) is 3. The number of halogens is 3. The van der Waals surface area contributed by atoms with Crippen LogP contribution in [0, 0.1) is 0 Å². The van der Waals surface area contributed by atoms with Crippen molar-refractivity contribution >= 4 is 29.2 Å². The first-order valence-electron chi connectivity index (χ1n) is 9.21. The van der Waals surface area contributed by atoms with E-state index in [0.29, 0.717) is 43.3 Å². The summed E-state index contributed by atoms with van der Waals surface area (Å²) in [5.41, 5.74) is -1.72. The molecule has 29 heavy (non-hydrogen) atoms. The largest absolute Gasteiger partial charge is 0.434 e. The maximum atomic E-state index is 12.6. The lowest BCUT2D eigenvalue weighted by molar-refractivity contribution is -0.140. The number of carbonyl (C=O) groups is 2. The number of rotatable bonds is 8. The number of hydrogen-bond acceptors (Lipinski definition) is 5. The van der Waals surface area contributed by atoms with E-state index in [4.69, 9.17) is 0 Å². The Kier molecular flexibility index (Phi) is 7.44. The normalized spacial score (nSPS) is 20.2. The fourth-order valence-electron chi connectivity index (χ4n) is 2.70. The molecule has 2 rings (SSSR count). The predicted molar refractivity (Wildman–Crippen MR) is 104 cm³/mol. The van der Waals surface area contributed by atoms with E-state index < -0.39 is 17.4 Å². The molecule has 1 aromatic rings. The molecule has 1 unspecified atom stereocenters. The Morgan fingerprint density at radius 2 is 2.03 bits per heavy atom. The van der Waals surface area contributed by atoms with Gasteiger partial charge in [0.15, 0.2) is 11.7 Å². The SMILES string of the molecule is CCC1(C)NC(=O)N(CCCNC(=NC)NCCc2nc(C(F)(F)F)cs2)C1=O. The standard InChI is InChI=1S/C17H25F3N6O2S/c1-4-16(2)13(27)26(15(28)25-16)9-5-7-22-14(21-3)23-8-6-12-24-11(10-29-12)17(18,19)20/h10H,4-9H2,1-3H3,(H,25,28)(H2,21,22,23). The van der Waals surface area contributed by atoms with Gasteiger partial charge in [0.05, 0.1) is 5.01 Å². The van der Waals surface area contributed by atoms with Crippen LogP contribution >= 0.6 is 11.3 Å². The van der Waals surface area contributed by atoms with Gasteiger partial charge in [-0.2, -0.15) is 13.2 Å². The molecule has 1 fully saturated rings. The molecule has 0 radical (unpaired) electrons. The third-order valence-electron chi connectivity index (χ3n) is 4.60. The highest BCUT2D eigenvalue weighted by Gasteiger charge is 2.45. The highest BCUT2D eigenvalue weighted by molar-refractivity contribution is 7.09. The number of amides is 3. The average Bonchev–Trinajstić information content (AvgIpc) is 3.22. The molecular formula is C17H25F3N6O2S. The number of thiazole rings is 1. The lowest BCUT2D eigenvalue weighted by Crippen LogP contribution is -2.43. The van der Waals surface area contributed by atoms with Crippen LogP contribution in [0.2, 0.25) is 0 Å². The van der Waals surface area contributed by atoms with Crippen molar-refractivity contribution in [1.29, 1.82) is 0 Å². The highest BCUT2D eigenvalue weighted by Crippen LogP contribution is 2.30. The third kappa shape index (κ3) is 5.81. The second kappa shape index (κ2) is 9.42. The topological polar surface area (TPSA) is 98.7 Å². The van der Waals surface area contributed by atoms with Crippen LogP contribution in [-0.2, 0) is 17.4 Å². The van der Waals surface area contributed by atoms with Crippen molar-refractivity contribution in [2.24, 2.45) is 4.99 Å². The summed E-state index contributed by atoms with van der Waals surface area (Å²) >= 11 is 0.967. The first-order chi connectivity index (χ1) is 13.6. The monoisotopic (exact) mass is 434 g/mol. The minimum Gasteiger partial charge on any atom is -0.356 e. The zero-order valence-electron chi connectivity index (χ0n) is 16.5. The van der Waals surface area contributed by atoms with E-state index in [-0.39, 0.29) is 18.5 Å². The second-order valence-electron chi connectivity index (χ2n) is 6.73. The summed E-state index contributed by atoms with van der Waals surface area (Å²) in [6.45, 7) is 4.66. The van der Waals surface area contributed by atoms with E-state index in [9.17, 15) is 22.8 Å². The number of aliphatic imine (C=N–C) groups is 1. The van der Waals surface area contributed by atoms with Crippen molar-refractivity contribution in [1.82, 2.24) is 25.8 Å². The van der Waals surface area contributed by atoms with Crippen LogP contribution in [0.1, 0.15) is 37.4 Å². The first-order valence-corrected chi connectivity index (χ1v) is 10.1. The molecule has 0 aliphatic carbocycles. The molecule has 1 saturated heterocycles. The van der Waals surface area contributed by atoms with Gasteiger partial charge >= 0.3 is 12.2 Å². The number of aromatic nitrogens is 1. The van der Waals surface area contributed by atoms with Crippen LogP contribution in [0.25, 0.3) is 0 Å². The number of alkyl halides is 3. The fraction of sp³-hybridized carbons (Fsp3) is 0.647. The Hall–Kier alpha value is -2.37. The van der Waals surface area contributed by atoms with E-state index in [1.165, 1.54) is 4.90 Å². The van der Waals surface area contributed by atoms with Crippen LogP contribution in [0.3, 0.4) is 0 Å². The summed E-state index contributed by atoms with van der Waals surface area (Å²) in [7, 11) is 1.57. The van der Waals surface area contributed by atoms with Crippen molar-refractivity contribution in [2.45, 2.75) is 44.8 Å². The molecule has 0 aromatic carbocycles. The maximum absolute atomic E-state index is 12.6. The molecule has 3 N–H and O–H groups in total. The second-order valence-corrected chi connectivity index (χ2v) is 7.67. The van der Waals surface area contributed by atoms with E-state index >= 15 is 0 Å². The molecule has 8 nitrogen and oxygen atoms in total. The molecule has 0 spiro atoms. The third-order valence-corrected chi connectivity index (χ3v) is 5.51. The van der Waals surface area contributed by atoms with E-state index in [0.717, 1.165) is 16.7 Å². The van der Waals surface area contributed by atoms with Gasteiger partial charge < -0.3 is 16.0 Å². The Labute approximate surface area is 171 Å². The molecule has 1 atom stereocenters. The van der Waals surface area contributed by atoms with Crippen LogP contribution in [0.5, 0.6) is 0 Å². The van der Waals surface area contributed by atoms with Crippen LogP contribution in [-0.4, -0.2) is 60.0 Å². The van der Waals surface area contributed by atoms with Gasteiger partial charge in [-0.05, 0) is 19.8 Å². The molecule has 0 bridgehead atoms. The Balaban J connectivity index is 1.70. The molecule has 3 amide bonds. The Morgan fingerprint density at radius 3 is 2.59 bits per heavy atom. The van der Waals surface area contributed by atoms with Gasteiger partial charge in [0.1, 0.15) is 5.54 Å². The van der Waals surface area contributed by atoms with Gasteiger partial charge in [-0.3, -0.25) is 14.7 Å². The van der Waals surface area contributed by atoms with E-state index in [2.05, 4.69) is 25.9 Å². The Bertz CT molecular complexity index is 767. The number of hydrogen-bond donors (Lipinski definition) is 3. The summed E-state index contributed by atoms with van der Waals surface area (Å²) in [6, 6.07) is -0.386. The van der Waals surface area contributed by atoms with Gasteiger partial charge in [0.2, 0.25) is 0 Å². The number of carbonyl (C=O) groups excluding carboxylic acids is 2. The maximum Gasteiger partial charge on any atom is 0.434 e. The van der Waals surface area contributed by atoms with Gasteiger partial charge in [-0.15, -0.1) is 11.3 Å². The van der Waals surface area contributed by atoms with E-state index in [1.807, 2.05) is 6.92 Å². The van der Waals surface area contributed by atoms with Crippen molar-refractivity contribution in [3.05, 3.63) is 16.1 Å². The lowest BCUT2D eigenvalue weighted by Gasteiger charge is -2.19. The van der Waals surface area contributed by atoms with Crippen molar-refractivity contribution in [3.63, 3.8) is 0 Å². The summed E-state index contributed by atoms with van der Waals surface area (Å²) in [4.78, 5) is 33.1. The molecule has 0 saturated carbocycles. The lowest BCUT2D eigenvalue weighted by atomic mass is 9.99. The number of urea groups is 1. The van der Waals surface area contributed by atoms with Crippen molar-refractivity contribution < 1.29 is 22.8 Å². The molecule has 2 heterocycles. The summed E-state index contributed by atoms with van der Waals surface area (Å²) in [5.74, 6) is 0.252. The minimum absolute atomic E-state index is 0.228. The van der Waals surface area contributed by atoms with Gasteiger partial charge in [0.25, 0.3) is 5.91 Å². The molecule has 1 aliphatic rings. The average molecular weight is 434 g/mol. The number of guanidine groups is 1. The molecule has 12 heteroatoms. The zero-order chi connectivity index (χ0) is 21.7. The first kappa shape index (κ1) is 22.9. The highest BCUT2D eigenvalue weighted by atomic mass is 32.1. The zero-order valence-corrected chi connectivity index (χ0v) is 17.3. The smallest absolute Gasteiger partial charge is 0.356 e.